The molecule has 1 N–H and O–H groups in total. The second-order valence-electron chi connectivity index (χ2n) is 5.77. The zero-order valence-corrected chi connectivity index (χ0v) is 12.4. The summed E-state index contributed by atoms with van der Waals surface area (Å²) in [6, 6.07) is 2.92. The van der Waals surface area contributed by atoms with Gasteiger partial charge in [-0.2, -0.15) is 4.39 Å². The Morgan fingerprint density at radius 1 is 1.35 bits per heavy atom. The van der Waals surface area contributed by atoms with Crippen LogP contribution in [0.25, 0.3) is 0 Å². The number of rotatable bonds is 5. The summed E-state index contributed by atoms with van der Waals surface area (Å²) < 4.78 is 39.3. The van der Waals surface area contributed by atoms with Crippen LogP contribution >= 0.6 is 0 Å². The Kier molecular flexibility index (Phi) is 5.23. The van der Waals surface area contributed by atoms with Crippen molar-refractivity contribution >= 4 is 11.6 Å². The molecule has 0 heterocycles. The Hall–Kier alpha value is -2.12. The number of benzene rings is 1. The van der Waals surface area contributed by atoms with Crippen molar-refractivity contribution in [2.45, 2.75) is 38.0 Å². The number of nitro benzene ring substituents is 1. The van der Waals surface area contributed by atoms with Gasteiger partial charge in [0.1, 0.15) is 0 Å². The first-order valence-corrected chi connectivity index (χ1v) is 7.38. The minimum Gasteiger partial charge on any atom is -0.352 e. The molecule has 0 spiro atoms. The Morgan fingerprint density at radius 2 is 2.00 bits per heavy atom. The summed E-state index contributed by atoms with van der Waals surface area (Å²) >= 11 is 0. The molecular formula is C15H17F3N2O3. The van der Waals surface area contributed by atoms with Crippen LogP contribution in [0.4, 0.5) is 18.9 Å². The van der Waals surface area contributed by atoms with E-state index in [-0.39, 0.29) is 24.3 Å². The van der Waals surface area contributed by atoms with Crippen LogP contribution in [0.1, 0.15) is 42.5 Å². The van der Waals surface area contributed by atoms with Gasteiger partial charge in [-0.1, -0.05) is 0 Å². The predicted molar refractivity (Wildman–Crippen MR) is 76.9 cm³/mol. The van der Waals surface area contributed by atoms with Gasteiger partial charge in [0.15, 0.2) is 0 Å². The van der Waals surface area contributed by atoms with Crippen LogP contribution < -0.4 is 5.32 Å². The molecule has 0 saturated heterocycles. The van der Waals surface area contributed by atoms with Crippen LogP contribution in [-0.4, -0.2) is 23.3 Å². The van der Waals surface area contributed by atoms with Gasteiger partial charge in [-0.15, -0.1) is 0 Å². The van der Waals surface area contributed by atoms with Crippen LogP contribution in [0.3, 0.4) is 0 Å². The second kappa shape index (κ2) is 6.97. The molecule has 1 fully saturated rings. The number of hydrogen-bond acceptors (Lipinski definition) is 3. The third-order valence-corrected chi connectivity index (χ3v) is 4.08. The topological polar surface area (TPSA) is 72.2 Å². The van der Waals surface area contributed by atoms with E-state index in [0.717, 1.165) is 12.1 Å². The lowest BCUT2D eigenvalue weighted by molar-refractivity contribution is -0.387. The fourth-order valence-electron chi connectivity index (χ4n) is 2.67. The largest absolute Gasteiger partial charge is 0.352 e. The van der Waals surface area contributed by atoms with Gasteiger partial charge in [-0.05, 0) is 37.3 Å². The minimum atomic E-state index is -2.58. The maximum Gasteiger partial charge on any atom is 0.305 e. The van der Waals surface area contributed by atoms with E-state index in [4.69, 9.17) is 0 Å². The van der Waals surface area contributed by atoms with Gasteiger partial charge >= 0.3 is 5.69 Å². The number of alkyl halides is 2. The zero-order chi connectivity index (χ0) is 17.0. The number of carbonyl (C=O) groups is 1. The number of amides is 1. The summed E-state index contributed by atoms with van der Waals surface area (Å²) in [5, 5.41) is 13.2. The van der Waals surface area contributed by atoms with E-state index < -0.39 is 28.3 Å². The smallest absolute Gasteiger partial charge is 0.305 e. The monoisotopic (exact) mass is 330 g/mol. The number of carbonyl (C=O) groups excluding carboxylic acids is 1. The minimum absolute atomic E-state index is 0.00622. The van der Waals surface area contributed by atoms with Gasteiger partial charge in [0.2, 0.25) is 11.7 Å². The van der Waals surface area contributed by atoms with Gasteiger partial charge in [-0.25, -0.2) is 8.78 Å². The van der Waals surface area contributed by atoms with Crippen molar-refractivity contribution < 1.29 is 22.9 Å². The Labute approximate surface area is 131 Å². The first-order chi connectivity index (χ1) is 10.8. The highest BCUT2D eigenvalue weighted by molar-refractivity contribution is 5.94. The van der Waals surface area contributed by atoms with E-state index >= 15 is 0 Å². The van der Waals surface area contributed by atoms with Crippen LogP contribution in [0, 0.1) is 21.8 Å². The summed E-state index contributed by atoms with van der Waals surface area (Å²) in [6.45, 7) is 0.292. The number of nitro groups is 1. The predicted octanol–water partition coefficient (Wildman–Crippen LogP) is 3.68. The van der Waals surface area contributed by atoms with Crippen molar-refractivity contribution in [1.82, 2.24) is 5.32 Å². The quantitative estimate of drug-likeness (QED) is 0.661. The van der Waals surface area contributed by atoms with Crippen LogP contribution in [0.5, 0.6) is 0 Å². The molecule has 0 aromatic heterocycles. The lowest BCUT2D eigenvalue weighted by atomic mass is 9.85. The standard InChI is InChI=1S/C15H17F3N2O3/c16-12-2-1-11(9-13(12)20(22)23)14(21)19-8-5-10-3-6-15(17,18)7-4-10/h1-2,9-10H,3-8H2,(H,19,21). The van der Waals surface area contributed by atoms with Crippen molar-refractivity contribution in [3.05, 3.63) is 39.7 Å². The van der Waals surface area contributed by atoms with Gasteiger partial charge in [0.25, 0.3) is 5.91 Å². The highest BCUT2D eigenvalue weighted by Gasteiger charge is 2.34. The lowest BCUT2D eigenvalue weighted by Gasteiger charge is -2.28. The third-order valence-electron chi connectivity index (χ3n) is 4.08. The average Bonchev–Trinajstić information content (AvgIpc) is 2.49. The Bertz CT molecular complexity index is 598. The highest BCUT2D eigenvalue weighted by atomic mass is 19.3. The van der Waals surface area contributed by atoms with E-state index in [2.05, 4.69) is 5.32 Å². The van der Waals surface area contributed by atoms with Gasteiger partial charge < -0.3 is 5.32 Å². The highest BCUT2D eigenvalue weighted by Crippen LogP contribution is 2.37. The Morgan fingerprint density at radius 3 is 2.61 bits per heavy atom. The fourth-order valence-corrected chi connectivity index (χ4v) is 2.67. The molecule has 0 bridgehead atoms. The number of hydrogen-bond donors (Lipinski definition) is 1. The molecular weight excluding hydrogens is 313 g/mol. The van der Waals surface area contributed by atoms with Crippen LogP contribution in [0.15, 0.2) is 18.2 Å². The maximum absolute atomic E-state index is 13.2. The zero-order valence-electron chi connectivity index (χ0n) is 12.4. The third kappa shape index (κ3) is 4.67. The van der Waals surface area contributed by atoms with Crippen molar-refractivity contribution in [3.8, 4) is 0 Å². The molecule has 1 saturated carbocycles. The van der Waals surface area contributed by atoms with Crippen molar-refractivity contribution in [2.75, 3.05) is 6.54 Å². The molecule has 5 nitrogen and oxygen atoms in total. The molecule has 0 aliphatic heterocycles. The van der Waals surface area contributed by atoms with E-state index in [1.54, 1.807) is 0 Å². The van der Waals surface area contributed by atoms with Crippen LogP contribution in [0.2, 0.25) is 0 Å². The summed E-state index contributed by atoms with van der Waals surface area (Å²) in [5.74, 6) is -3.99. The van der Waals surface area contributed by atoms with Gasteiger partial charge in [0.05, 0.1) is 4.92 Å². The molecule has 0 unspecified atom stereocenters. The molecule has 0 atom stereocenters. The maximum atomic E-state index is 13.2. The first-order valence-electron chi connectivity index (χ1n) is 7.38. The summed E-state index contributed by atoms with van der Waals surface area (Å²) in [5.41, 5.74) is -0.763. The van der Waals surface area contributed by atoms with Gasteiger partial charge in [0, 0.05) is 31.0 Å². The summed E-state index contributed by atoms with van der Waals surface area (Å²) in [6.07, 6.45) is 1.16. The Balaban J connectivity index is 1.84. The van der Waals surface area contributed by atoms with Crippen molar-refractivity contribution in [1.29, 1.82) is 0 Å². The SMILES string of the molecule is O=C(NCCC1CCC(F)(F)CC1)c1ccc(F)c([N+](=O)[O-])c1. The molecule has 1 amide bonds. The van der Waals surface area contributed by atoms with Crippen LogP contribution in [-0.2, 0) is 0 Å². The molecule has 2 rings (SSSR count). The summed E-state index contributed by atoms with van der Waals surface area (Å²) in [7, 11) is 0. The molecule has 1 aliphatic rings. The molecule has 1 aliphatic carbocycles. The van der Waals surface area contributed by atoms with Crippen molar-refractivity contribution in [2.24, 2.45) is 5.92 Å². The van der Waals surface area contributed by atoms with E-state index in [9.17, 15) is 28.1 Å². The van der Waals surface area contributed by atoms with Crippen molar-refractivity contribution in [3.63, 3.8) is 0 Å². The normalized spacial score (nSPS) is 17.7. The van der Waals surface area contributed by atoms with E-state index in [1.807, 2.05) is 0 Å². The fraction of sp³-hybridized carbons (Fsp3) is 0.533. The molecule has 23 heavy (non-hydrogen) atoms. The average molecular weight is 330 g/mol. The van der Waals surface area contributed by atoms with Gasteiger partial charge in [-0.3, -0.25) is 14.9 Å². The number of nitrogens with one attached hydrogen (secondary N) is 1. The molecule has 8 heteroatoms. The molecule has 1 aromatic rings. The van der Waals surface area contributed by atoms with E-state index in [0.29, 0.717) is 25.8 Å². The lowest BCUT2D eigenvalue weighted by Crippen LogP contribution is -2.29. The summed E-state index contributed by atoms with van der Waals surface area (Å²) in [4.78, 5) is 21.6. The number of halogens is 3. The molecule has 0 radical (unpaired) electrons. The number of nitrogens with zero attached hydrogens (tertiary/aromatic N) is 1. The molecule has 126 valence electrons. The first kappa shape index (κ1) is 17.2. The van der Waals surface area contributed by atoms with E-state index in [1.165, 1.54) is 6.07 Å². The molecule has 1 aromatic carbocycles. The second-order valence-corrected chi connectivity index (χ2v) is 5.77.